The van der Waals surface area contributed by atoms with E-state index in [0.29, 0.717) is 5.75 Å². The Balaban J connectivity index is 2.10. The molecule has 10 heteroatoms. The van der Waals surface area contributed by atoms with Gasteiger partial charge in [-0.05, 0) is 24.3 Å². The second-order valence-electron chi connectivity index (χ2n) is 5.86. The van der Waals surface area contributed by atoms with Crippen LogP contribution in [0.4, 0.5) is 0 Å². The van der Waals surface area contributed by atoms with E-state index in [-0.39, 0.29) is 23.1 Å². The lowest BCUT2D eigenvalue weighted by Crippen LogP contribution is -2.63. The maximum absolute atomic E-state index is 13.4. The number of sulfone groups is 1. The fraction of sp³-hybridized carbons (Fsp3) is 0.176. The van der Waals surface area contributed by atoms with Crippen LogP contribution >= 0.6 is 0 Å². The fourth-order valence-corrected chi connectivity index (χ4v) is 4.54. The molecule has 27 heavy (non-hydrogen) atoms. The minimum absolute atomic E-state index is 0.0142. The summed E-state index contributed by atoms with van der Waals surface area (Å²) < 4.78 is 30.5. The van der Waals surface area contributed by atoms with Crippen LogP contribution in [-0.2, 0) is 14.6 Å². The lowest BCUT2D eigenvalue weighted by atomic mass is 10.1. The van der Waals surface area contributed by atoms with Crippen LogP contribution in [0, 0.1) is 0 Å². The highest BCUT2D eigenvalue weighted by Crippen LogP contribution is 2.35. The number of para-hydroxylation sites is 2. The third kappa shape index (κ3) is 3.32. The molecule has 142 valence electrons. The van der Waals surface area contributed by atoms with Gasteiger partial charge in [-0.3, -0.25) is 15.0 Å². The molecular formula is C17H18N4O5S. The van der Waals surface area contributed by atoms with E-state index < -0.39 is 27.0 Å². The molecule has 0 aromatic heterocycles. The Hall–Kier alpha value is -3.11. The quantitative estimate of drug-likeness (QED) is 0.428. The summed E-state index contributed by atoms with van der Waals surface area (Å²) in [7, 11) is -4.33. The normalized spacial score (nSPS) is 19.5. The van der Waals surface area contributed by atoms with Crippen LogP contribution < -0.4 is 21.3 Å². The number of benzene rings is 2. The van der Waals surface area contributed by atoms with Gasteiger partial charge in [-0.2, -0.15) is 0 Å². The van der Waals surface area contributed by atoms with E-state index in [2.05, 4.69) is 10.3 Å². The van der Waals surface area contributed by atoms with E-state index in [0.717, 1.165) is 0 Å². The molecule has 5 N–H and O–H groups in total. The van der Waals surface area contributed by atoms with E-state index in [9.17, 15) is 13.2 Å². The number of rotatable bonds is 5. The Morgan fingerprint density at radius 2 is 1.85 bits per heavy atom. The Morgan fingerprint density at radius 3 is 2.48 bits per heavy atom. The smallest absolute Gasteiger partial charge is 0.268 e. The van der Waals surface area contributed by atoms with E-state index in [1.165, 1.54) is 23.7 Å². The summed E-state index contributed by atoms with van der Waals surface area (Å²) in [4.78, 5) is 16.0. The molecule has 9 nitrogen and oxygen atoms in total. The monoisotopic (exact) mass is 390 g/mol. The first-order valence-corrected chi connectivity index (χ1v) is 9.44. The fourth-order valence-electron chi connectivity index (χ4n) is 2.70. The Morgan fingerprint density at radius 1 is 1.19 bits per heavy atom. The maximum Gasteiger partial charge on any atom is 0.268 e. The number of hydroxylamine groups is 1. The van der Waals surface area contributed by atoms with Crippen LogP contribution in [0.5, 0.6) is 11.5 Å². The van der Waals surface area contributed by atoms with Crippen LogP contribution in [0.15, 0.2) is 64.5 Å². The van der Waals surface area contributed by atoms with E-state index in [1.807, 2.05) is 0 Å². The number of amides is 1. The van der Waals surface area contributed by atoms with Gasteiger partial charge in [0.1, 0.15) is 16.4 Å². The summed E-state index contributed by atoms with van der Waals surface area (Å²) in [5.41, 5.74) is 6.96. The summed E-state index contributed by atoms with van der Waals surface area (Å²) in [5.74, 6) is -0.609. The van der Waals surface area contributed by atoms with Crippen molar-refractivity contribution in [3.63, 3.8) is 0 Å². The Kier molecular flexibility index (Phi) is 5.02. The van der Waals surface area contributed by atoms with Crippen LogP contribution in [0.1, 0.15) is 0 Å². The summed E-state index contributed by atoms with van der Waals surface area (Å²) in [6, 6.07) is 14.6. The van der Waals surface area contributed by atoms with Crippen molar-refractivity contribution in [3.05, 3.63) is 54.6 Å². The number of guanidine groups is 1. The second kappa shape index (κ2) is 7.25. The average molecular weight is 390 g/mol. The second-order valence-corrected chi connectivity index (χ2v) is 8.08. The van der Waals surface area contributed by atoms with Crippen LogP contribution in [0.3, 0.4) is 0 Å². The van der Waals surface area contributed by atoms with Gasteiger partial charge in [0.2, 0.25) is 9.84 Å². The number of nitrogens with zero attached hydrogens (tertiary/aromatic N) is 1. The lowest BCUT2D eigenvalue weighted by molar-refractivity contribution is -0.131. The summed E-state index contributed by atoms with van der Waals surface area (Å²) in [6.45, 7) is -0.795. The van der Waals surface area contributed by atoms with Crippen molar-refractivity contribution in [1.82, 2.24) is 10.8 Å². The molecule has 0 fully saturated rings. The zero-order chi connectivity index (χ0) is 19.5. The van der Waals surface area contributed by atoms with Crippen molar-refractivity contribution in [3.8, 4) is 11.5 Å². The SMILES string of the molecule is NC1=NCC(C(=O)NO)(S(=O)(=O)c2ccccc2Oc2ccccc2)CN1. The van der Waals surface area contributed by atoms with Crippen LogP contribution in [-0.4, -0.2) is 43.3 Å². The van der Waals surface area contributed by atoms with Gasteiger partial charge in [0.05, 0.1) is 6.54 Å². The predicted molar refractivity (Wildman–Crippen MR) is 97.3 cm³/mol. The van der Waals surface area contributed by atoms with Gasteiger partial charge in [-0.1, -0.05) is 30.3 Å². The number of carbonyl (C=O) groups excluding carboxylic acids is 1. The van der Waals surface area contributed by atoms with Gasteiger partial charge in [-0.25, -0.2) is 13.9 Å². The zero-order valence-corrected chi connectivity index (χ0v) is 14.9. The summed E-state index contributed by atoms with van der Waals surface area (Å²) >= 11 is 0. The summed E-state index contributed by atoms with van der Waals surface area (Å²) in [6.07, 6.45) is 0. The van der Waals surface area contributed by atoms with Crippen molar-refractivity contribution in [2.24, 2.45) is 10.7 Å². The highest BCUT2D eigenvalue weighted by Gasteiger charge is 2.54. The largest absolute Gasteiger partial charge is 0.456 e. The lowest BCUT2D eigenvalue weighted by Gasteiger charge is -2.33. The minimum atomic E-state index is -4.33. The number of ether oxygens (including phenoxy) is 1. The molecule has 1 unspecified atom stereocenters. The topological polar surface area (TPSA) is 143 Å². The van der Waals surface area contributed by atoms with E-state index in [4.69, 9.17) is 15.7 Å². The van der Waals surface area contributed by atoms with Gasteiger partial charge in [0.25, 0.3) is 5.91 Å². The molecule has 0 spiro atoms. The summed E-state index contributed by atoms with van der Waals surface area (Å²) in [5, 5.41) is 11.7. The van der Waals surface area contributed by atoms with Crippen molar-refractivity contribution in [2.45, 2.75) is 9.64 Å². The first-order chi connectivity index (χ1) is 12.9. The molecule has 1 aliphatic heterocycles. The molecule has 1 aliphatic rings. The van der Waals surface area contributed by atoms with Crippen LogP contribution in [0.2, 0.25) is 0 Å². The highest BCUT2D eigenvalue weighted by atomic mass is 32.2. The van der Waals surface area contributed by atoms with Crippen molar-refractivity contribution >= 4 is 21.7 Å². The number of aliphatic imine (C=N–C) groups is 1. The molecule has 0 saturated carbocycles. The van der Waals surface area contributed by atoms with Gasteiger partial charge in [0, 0.05) is 6.54 Å². The molecule has 1 heterocycles. The first-order valence-electron chi connectivity index (χ1n) is 7.95. The number of hydrogen-bond acceptors (Lipinski definition) is 8. The molecule has 2 aromatic rings. The average Bonchev–Trinajstić information content (AvgIpc) is 2.69. The molecule has 1 amide bonds. The standard InChI is InChI=1S/C17H18N4O5S/c18-16-19-10-17(11-20-16,15(22)21-23)27(24,25)14-9-5-4-8-13(14)26-12-6-2-1-3-7-12/h1-9,23H,10-11H2,(H,21,22)(H3,18,19,20). The molecule has 0 saturated heterocycles. The molecule has 0 radical (unpaired) electrons. The third-order valence-electron chi connectivity index (χ3n) is 4.20. The highest BCUT2D eigenvalue weighted by molar-refractivity contribution is 7.93. The van der Waals surface area contributed by atoms with Gasteiger partial charge < -0.3 is 15.8 Å². The van der Waals surface area contributed by atoms with Crippen molar-refractivity contribution in [2.75, 3.05) is 13.1 Å². The van der Waals surface area contributed by atoms with E-state index >= 15 is 0 Å². The maximum atomic E-state index is 13.4. The van der Waals surface area contributed by atoms with Gasteiger partial charge >= 0.3 is 0 Å². The van der Waals surface area contributed by atoms with E-state index in [1.54, 1.807) is 36.4 Å². The van der Waals surface area contributed by atoms with Crippen LogP contribution in [0.25, 0.3) is 0 Å². The predicted octanol–water partition coefficient (Wildman–Crippen LogP) is 0.415. The molecule has 3 rings (SSSR count). The Bertz CT molecular complexity index is 978. The van der Waals surface area contributed by atoms with Gasteiger partial charge in [0.15, 0.2) is 10.7 Å². The molecule has 0 aliphatic carbocycles. The van der Waals surface area contributed by atoms with Crippen molar-refractivity contribution in [1.29, 1.82) is 0 Å². The number of nitrogens with two attached hydrogens (primary N) is 1. The number of nitrogens with one attached hydrogen (secondary N) is 2. The number of hydrogen-bond donors (Lipinski definition) is 4. The number of carbonyl (C=O) groups is 1. The van der Waals surface area contributed by atoms with Gasteiger partial charge in [-0.15, -0.1) is 0 Å². The molecule has 0 bridgehead atoms. The molecule has 1 atom stereocenters. The zero-order valence-electron chi connectivity index (χ0n) is 14.1. The molecular weight excluding hydrogens is 372 g/mol. The van der Waals surface area contributed by atoms with Crippen molar-refractivity contribution < 1.29 is 23.2 Å². The minimum Gasteiger partial charge on any atom is -0.456 e. The first kappa shape index (κ1) is 18.7. The Labute approximate surface area is 155 Å². The third-order valence-corrected chi connectivity index (χ3v) is 6.60. The molecule has 2 aromatic carbocycles.